The zero-order chi connectivity index (χ0) is 29.5. The van der Waals surface area contributed by atoms with Crippen molar-refractivity contribution in [1.82, 2.24) is 19.7 Å². The number of carbonyl (C=O) groups excluding carboxylic acids is 2. The van der Waals surface area contributed by atoms with Crippen LogP contribution >= 0.6 is 0 Å². The third-order valence-corrected chi connectivity index (χ3v) is 7.42. The van der Waals surface area contributed by atoms with Crippen molar-refractivity contribution >= 4 is 40.2 Å². The second kappa shape index (κ2) is 10.4. The van der Waals surface area contributed by atoms with E-state index in [9.17, 15) is 22.8 Å². The van der Waals surface area contributed by atoms with Crippen LogP contribution in [-0.4, -0.2) is 44.7 Å². The molecule has 2 aromatic heterocycles. The highest BCUT2D eigenvalue weighted by Gasteiger charge is 2.54. The predicted octanol–water partition coefficient (Wildman–Crippen LogP) is 5.78. The number of halogens is 3. The van der Waals surface area contributed by atoms with Crippen LogP contribution in [0.4, 0.5) is 35.2 Å². The number of hydrogen-bond donors (Lipinski definition) is 3. The zero-order valence-corrected chi connectivity index (χ0v) is 22.8. The third-order valence-electron chi connectivity index (χ3n) is 7.42. The SMILES string of the molecule is CCN(CC)C(=O)C1(c2cc(-c3ccc(NC(=O)Nc4cccc(C(F)(F)F)c4)cc3)c3c(N)nn(C)c3n2)CC1. The van der Waals surface area contributed by atoms with Gasteiger partial charge in [0.05, 0.1) is 22.1 Å². The Hall–Kier alpha value is -4.61. The highest BCUT2D eigenvalue weighted by Crippen LogP contribution is 2.50. The number of fused-ring (bicyclic) bond motifs is 1. The molecule has 1 aliphatic carbocycles. The molecule has 1 saturated carbocycles. The molecule has 0 aliphatic heterocycles. The van der Waals surface area contributed by atoms with Gasteiger partial charge in [0.1, 0.15) is 0 Å². The lowest BCUT2D eigenvalue weighted by Crippen LogP contribution is -2.39. The monoisotopic (exact) mass is 565 g/mol. The van der Waals surface area contributed by atoms with E-state index in [1.165, 1.54) is 12.1 Å². The maximum atomic E-state index is 13.4. The Balaban J connectivity index is 1.43. The van der Waals surface area contributed by atoms with E-state index in [0.717, 1.165) is 23.3 Å². The predicted molar refractivity (Wildman–Crippen MR) is 151 cm³/mol. The molecule has 1 fully saturated rings. The number of carbonyl (C=O) groups is 2. The van der Waals surface area contributed by atoms with Crippen molar-refractivity contribution in [2.75, 3.05) is 29.5 Å². The minimum absolute atomic E-state index is 0.0148. The van der Waals surface area contributed by atoms with E-state index in [1.807, 2.05) is 24.8 Å². The molecule has 1 aliphatic rings. The number of benzene rings is 2. The van der Waals surface area contributed by atoms with Gasteiger partial charge in [-0.3, -0.25) is 4.79 Å². The summed E-state index contributed by atoms with van der Waals surface area (Å²) in [7, 11) is 1.75. The van der Waals surface area contributed by atoms with Crippen LogP contribution in [0.5, 0.6) is 0 Å². The number of nitrogens with one attached hydrogen (secondary N) is 2. The fourth-order valence-electron chi connectivity index (χ4n) is 5.07. The van der Waals surface area contributed by atoms with Gasteiger partial charge in [-0.05, 0) is 74.2 Å². The first kappa shape index (κ1) is 27.9. The molecule has 4 N–H and O–H groups in total. The number of nitrogen functional groups attached to an aromatic ring is 1. The molecule has 214 valence electrons. The Bertz CT molecular complexity index is 1620. The van der Waals surface area contributed by atoms with E-state index in [0.29, 0.717) is 54.2 Å². The molecule has 2 heterocycles. The molecule has 0 atom stereocenters. The van der Waals surface area contributed by atoms with Gasteiger partial charge in [-0.25, -0.2) is 14.5 Å². The topological polar surface area (TPSA) is 118 Å². The van der Waals surface area contributed by atoms with Gasteiger partial charge in [-0.1, -0.05) is 18.2 Å². The molecule has 0 saturated heterocycles. The summed E-state index contributed by atoms with van der Waals surface area (Å²) in [6.07, 6.45) is -3.10. The maximum Gasteiger partial charge on any atom is 0.416 e. The molecule has 0 unspecified atom stereocenters. The standard InChI is InChI=1S/C29H30F3N7O2/c1-4-39(5-2)26(40)28(13-14-28)22-16-21(23-24(33)37-38(3)25(23)36-22)17-9-11-19(12-10-17)34-27(41)35-20-8-6-7-18(15-20)29(30,31)32/h6-12,15-16H,4-5,13-14H2,1-3H3,(H2,33,37)(H2,34,35,41). The number of nitrogens with zero attached hydrogens (tertiary/aromatic N) is 4. The number of rotatable bonds is 7. The molecule has 2 aromatic carbocycles. The van der Waals surface area contributed by atoms with Crippen LogP contribution in [0.15, 0.2) is 54.6 Å². The Morgan fingerprint density at radius 2 is 1.68 bits per heavy atom. The molecule has 12 heteroatoms. The number of likely N-dealkylation sites (N-methyl/N-ethyl adjacent to an activating group) is 1. The number of alkyl halides is 3. The average Bonchev–Trinajstić information content (AvgIpc) is 3.70. The number of anilines is 3. The van der Waals surface area contributed by atoms with Gasteiger partial charge in [0, 0.05) is 31.5 Å². The largest absolute Gasteiger partial charge is 0.416 e. The molecule has 0 spiro atoms. The first-order valence-corrected chi connectivity index (χ1v) is 13.3. The van der Waals surface area contributed by atoms with E-state index in [4.69, 9.17) is 10.7 Å². The lowest BCUT2D eigenvalue weighted by Gasteiger charge is -2.25. The first-order valence-electron chi connectivity index (χ1n) is 13.3. The van der Waals surface area contributed by atoms with Crippen LogP contribution in [0.25, 0.3) is 22.2 Å². The molecule has 0 bridgehead atoms. The van der Waals surface area contributed by atoms with Gasteiger partial charge in [0.25, 0.3) is 0 Å². The number of hydrogen-bond acceptors (Lipinski definition) is 5. The number of amides is 3. The summed E-state index contributed by atoms with van der Waals surface area (Å²) in [6.45, 7) is 5.13. The normalized spacial score (nSPS) is 14.1. The lowest BCUT2D eigenvalue weighted by molar-refractivity contribution is -0.137. The number of aromatic nitrogens is 3. The van der Waals surface area contributed by atoms with Crippen molar-refractivity contribution < 1.29 is 22.8 Å². The minimum Gasteiger partial charge on any atom is -0.382 e. The summed E-state index contributed by atoms with van der Waals surface area (Å²) in [4.78, 5) is 32.6. The van der Waals surface area contributed by atoms with E-state index >= 15 is 0 Å². The van der Waals surface area contributed by atoms with Crippen LogP contribution in [0, 0.1) is 0 Å². The van der Waals surface area contributed by atoms with E-state index in [-0.39, 0.29) is 11.6 Å². The Labute approximate surface area is 234 Å². The Kier molecular flexibility index (Phi) is 7.10. The molecular weight excluding hydrogens is 535 g/mol. The number of pyridine rings is 1. The van der Waals surface area contributed by atoms with Gasteiger partial charge in [-0.15, -0.1) is 0 Å². The van der Waals surface area contributed by atoms with Crippen molar-refractivity contribution in [3.63, 3.8) is 0 Å². The highest BCUT2D eigenvalue weighted by atomic mass is 19.4. The molecule has 9 nitrogen and oxygen atoms in total. The zero-order valence-electron chi connectivity index (χ0n) is 22.8. The van der Waals surface area contributed by atoms with Crippen molar-refractivity contribution in [3.05, 3.63) is 65.9 Å². The van der Waals surface area contributed by atoms with E-state index < -0.39 is 23.2 Å². The first-order chi connectivity index (χ1) is 19.5. The molecule has 3 amide bonds. The highest BCUT2D eigenvalue weighted by molar-refractivity contribution is 6.03. The lowest BCUT2D eigenvalue weighted by atomic mass is 9.94. The summed E-state index contributed by atoms with van der Waals surface area (Å²) in [5.41, 5.74) is 7.93. The summed E-state index contributed by atoms with van der Waals surface area (Å²) in [6, 6.07) is 12.5. The van der Waals surface area contributed by atoms with Crippen LogP contribution in [0.3, 0.4) is 0 Å². The fraction of sp³-hybridized carbons (Fsp3) is 0.310. The number of aryl methyl sites for hydroxylation is 1. The van der Waals surface area contributed by atoms with E-state index in [1.54, 1.807) is 36.0 Å². The summed E-state index contributed by atoms with van der Waals surface area (Å²) in [5, 5.41) is 10.1. The van der Waals surface area contributed by atoms with Gasteiger partial charge in [0.2, 0.25) is 5.91 Å². The van der Waals surface area contributed by atoms with Crippen LogP contribution < -0.4 is 16.4 Å². The molecule has 4 aromatic rings. The van der Waals surface area contributed by atoms with Gasteiger partial charge in [0.15, 0.2) is 11.5 Å². The summed E-state index contributed by atoms with van der Waals surface area (Å²) in [5.74, 6) is 0.362. The maximum absolute atomic E-state index is 13.4. The van der Waals surface area contributed by atoms with Crippen LogP contribution in [0.1, 0.15) is 37.9 Å². The average molecular weight is 566 g/mol. The van der Waals surface area contributed by atoms with Gasteiger partial charge < -0.3 is 21.3 Å². The van der Waals surface area contributed by atoms with Crippen molar-refractivity contribution in [2.24, 2.45) is 7.05 Å². The fourth-order valence-corrected chi connectivity index (χ4v) is 5.07. The van der Waals surface area contributed by atoms with Crippen molar-refractivity contribution in [3.8, 4) is 11.1 Å². The van der Waals surface area contributed by atoms with E-state index in [2.05, 4.69) is 15.7 Å². The van der Waals surface area contributed by atoms with Crippen LogP contribution in [-0.2, 0) is 23.4 Å². The molecule has 41 heavy (non-hydrogen) atoms. The van der Waals surface area contributed by atoms with Crippen molar-refractivity contribution in [2.45, 2.75) is 38.3 Å². The second-order valence-corrected chi connectivity index (χ2v) is 10.1. The van der Waals surface area contributed by atoms with Crippen LogP contribution in [0.2, 0.25) is 0 Å². The molecule has 5 rings (SSSR count). The third kappa shape index (κ3) is 5.29. The number of nitrogens with two attached hydrogens (primary N) is 1. The summed E-state index contributed by atoms with van der Waals surface area (Å²) < 4.78 is 40.6. The molecule has 0 radical (unpaired) electrons. The van der Waals surface area contributed by atoms with Gasteiger partial charge >= 0.3 is 12.2 Å². The Morgan fingerprint density at radius 3 is 2.29 bits per heavy atom. The second-order valence-electron chi connectivity index (χ2n) is 10.1. The smallest absolute Gasteiger partial charge is 0.382 e. The minimum atomic E-state index is -4.52. The Morgan fingerprint density at radius 1 is 1.02 bits per heavy atom. The van der Waals surface area contributed by atoms with Crippen molar-refractivity contribution in [1.29, 1.82) is 0 Å². The number of urea groups is 1. The summed E-state index contributed by atoms with van der Waals surface area (Å²) >= 11 is 0. The van der Waals surface area contributed by atoms with Gasteiger partial charge in [-0.2, -0.15) is 18.3 Å². The molecular formula is C29H30F3N7O2. The quantitative estimate of drug-likeness (QED) is 0.263.